The maximum Gasteiger partial charge on any atom is 0.0310 e. The number of nitrogens with one attached hydrogen (secondary N) is 1. The van der Waals surface area contributed by atoms with Crippen LogP contribution in [0.3, 0.4) is 0 Å². The molecule has 1 aliphatic carbocycles. The molecule has 0 spiro atoms. The number of nitrogens with two attached hydrogens (primary N) is 1. The highest BCUT2D eigenvalue weighted by molar-refractivity contribution is 5.07. The van der Waals surface area contributed by atoms with Crippen molar-refractivity contribution in [2.75, 3.05) is 6.54 Å². The molecule has 0 saturated heterocycles. The normalized spacial score (nSPS) is 38.7. The van der Waals surface area contributed by atoms with Gasteiger partial charge >= 0.3 is 0 Å². The van der Waals surface area contributed by atoms with Crippen LogP contribution in [-0.4, -0.2) is 18.1 Å². The van der Waals surface area contributed by atoms with Crippen molar-refractivity contribution in [1.82, 2.24) is 5.32 Å². The molecule has 3 N–H and O–H groups in total. The van der Waals surface area contributed by atoms with E-state index >= 15 is 0 Å². The minimum atomic E-state index is 0.129. The van der Waals surface area contributed by atoms with E-state index in [4.69, 9.17) is 5.73 Å². The Morgan fingerprint density at radius 2 is 2.20 bits per heavy atom. The second-order valence-electron chi connectivity index (χ2n) is 3.87. The summed E-state index contributed by atoms with van der Waals surface area (Å²) in [5, 5.41) is 3.35. The Hall–Kier alpha value is -0.0800. The molecule has 2 heteroatoms. The molecule has 2 nitrogen and oxygen atoms in total. The van der Waals surface area contributed by atoms with Gasteiger partial charge in [0.25, 0.3) is 0 Å². The van der Waals surface area contributed by atoms with Crippen LogP contribution in [0.25, 0.3) is 0 Å². The predicted octanol–water partition coefficient (Wildman–Crippen LogP) is 0.722. The average molecular weight is 142 g/mol. The highest BCUT2D eigenvalue weighted by Gasteiger charge is 2.46. The van der Waals surface area contributed by atoms with Crippen molar-refractivity contribution in [3.8, 4) is 0 Å². The van der Waals surface area contributed by atoms with Gasteiger partial charge in [-0.3, -0.25) is 0 Å². The summed E-state index contributed by atoms with van der Waals surface area (Å²) in [6, 6.07) is 0.563. The Balaban J connectivity index is 2.15. The fourth-order valence-electron chi connectivity index (χ4n) is 1.15. The molecule has 0 unspecified atom stereocenters. The van der Waals surface area contributed by atoms with Gasteiger partial charge in [0.05, 0.1) is 0 Å². The predicted molar refractivity (Wildman–Crippen MR) is 43.8 cm³/mol. The van der Waals surface area contributed by atoms with Gasteiger partial charge in [-0.05, 0) is 12.3 Å². The van der Waals surface area contributed by atoms with Gasteiger partial charge < -0.3 is 11.1 Å². The lowest BCUT2D eigenvalue weighted by molar-refractivity contribution is 0.497. The minimum absolute atomic E-state index is 0.129. The molecule has 1 aliphatic rings. The van der Waals surface area contributed by atoms with Crippen LogP contribution >= 0.6 is 0 Å². The summed E-state index contributed by atoms with van der Waals surface area (Å²) in [5.74, 6) is 0.721. The molecule has 1 fully saturated rings. The summed E-state index contributed by atoms with van der Waals surface area (Å²) in [6.07, 6.45) is 1.19. The molecule has 0 aliphatic heterocycles. The largest absolute Gasteiger partial charge is 0.324 e. The van der Waals surface area contributed by atoms with E-state index in [9.17, 15) is 0 Å². The molecular formula is C8H18N2. The van der Waals surface area contributed by atoms with E-state index in [-0.39, 0.29) is 5.54 Å². The second-order valence-corrected chi connectivity index (χ2v) is 3.87. The smallest absolute Gasteiger partial charge is 0.0310 e. The summed E-state index contributed by atoms with van der Waals surface area (Å²) in [7, 11) is 0. The second kappa shape index (κ2) is 2.51. The van der Waals surface area contributed by atoms with E-state index in [0.717, 1.165) is 12.5 Å². The zero-order chi connectivity index (χ0) is 7.78. The van der Waals surface area contributed by atoms with E-state index in [0.29, 0.717) is 6.04 Å². The lowest BCUT2D eigenvalue weighted by Crippen LogP contribution is -2.40. The first-order valence-corrected chi connectivity index (χ1v) is 4.07. The minimum Gasteiger partial charge on any atom is -0.324 e. The first-order valence-electron chi connectivity index (χ1n) is 4.07. The summed E-state index contributed by atoms with van der Waals surface area (Å²) in [6.45, 7) is 7.49. The van der Waals surface area contributed by atoms with Crippen molar-refractivity contribution >= 4 is 0 Å². The zero-order valence-electron chi connectivity index (χ0n) is 7.15. The van der Waals surface area contributed by atoms with E-state index in [1.165, 1.54) is 6.42 Å². The summed E-state index contributed by atoms with van der Waals surface area (Å²) in [5.41, 5.74) is 6.11. The summed E-state index contributed by atoms with van der Waals surface area (Å²) >= 11 is 0. The maximum atomic E-state index is 5.98. The number of rotatable bonds is 3. The Morgan fingerprint density at radius 3 is 2.50 bits per heavy atom. The molecule has 0 aromatic rings. The molecule has 0 amide bonds. The van der Waals surface area contributed by atoms with E-state index < -0.39 is 0 Å². The third kappa shape index (κ3) is 1.70. The molecule has 0 bridgehead atoms. The first-order chi connectivity index (χ1) is 4.54. The maximum absolute atomic E-state index is 5.98. The monoisotopic (exact) mass is 142 g/mol. The molecule has 0 radical (unpaired) electrons. The van der Waals surface area contributed by atoms with Crippen molar-refractivity contribution in [1.29, 1.82) is 0 Å². The van der Waals surface area contributed by atoms with E-state index in [1.54, 1.807) is 0 Å². The lowest BCUT2D eigenvalue weighted by atomic mass is 10.2. The van der Waals surface area contributed by atoms with Gasteiger partial charge in [0.2, 0.25) is 0 Å². The first kappa shape index (κ1) is 8.02. The molecule has 10 heavy (non-hydrogen) atoms. The van der Waals surface area contributed by atoms with Crippen LogP contribution in [0.4, 0.5) is 0 Å². The van der Waals surface area contributed by atoms with Gasteiger partial charge in [0, 0.05) is 18.1 Å². The standard InChI is InChI=1S/C8H18N2/c1-6(2)10-5-8(9)4-7(8)3/h6-7,10H,4-5,9H2,1-3H3/t7-,8-/m1/s1. The Morgan fingerprint density at radius 1 is 1.70 bits per heavy atom. The van der Waals surface area contributed by atoms with Gasteiger partial charge in [0.15, 0.2) is 0 Å². The van der Waals surface area contributed by atoms with Gasteiger partial charge in [-0.2, -0.15) is 0 Å². The molecule has 1 rings (SSSR count). The van der Waals surface area contributed by atoms with Crippen LogP contribution in [0, 0.1) is 5.92 Å². The van der Waals surface area contributed by atoms with Gasteiger partial charge in [-0.15, -0.1) is 0 Å². The number of hydrogen-bond donors (Lipinski definition) is 2. The summed E-state index contributed by atoms with van der Waals surface area (Å²) < 4.78 is 0. The average Bonchev–Trinajstić information content (AvgIpc) is 2.38. The molecular weight excluding hydrogens is 124 g/mol. The van der Waals surface area contributed by atoms with E-state index in [1.807, 2.05) is 0 Å². The third-order valence-electron chi connectivity index (χ3n) is 2.35. The van der Waals surface area contributed by atoms with Crippen molar-refractivity contribution < 1.29 is 0 Å². The number of hydrogen-bond acceptors (Lipinski definition) is 2. The van der Waals surface area contributed by atoms with Crippen molar-refractivity contribution in [3.05, 3.63) is 0 Å². The van der Waals surface area contributed by atoms with Crippen molar-refractivity contribution in [3.63, 3.8) is 0 Å². The highest BCUT2D eigenvalue weighted by Crippen LogP contribution is 2.39. The third-order valence-corrected chi connectivity index (χ3v) is 2.35. The van der Waals surface area contributed by atoms with Gasteiger partial charge in [0.1, 0.15) is 0 Å². The van der Waals surface area contributed by atoms with Gasteiger partial charge in [-0.1, -0.05) is 20.8 Å². The SMILES string of the molecule is CC(C)NC[C@]1(N)C[C@H]1C. The molecule has 60 valence electrons. The van der Waals surface area contributed by atoms with Crippen LogP contribution in [0.5, 0.6) is 0 Å². The fourth-order valence-corrected chi connectivity index (χ4v) is 1.15. The zero-order valence-corrected chi connectivity index (χ0v) is 7.15. The van der Waals surface area contributed by atoms with Crippen LogP contribution < -0.4 is 11.1 Å². The van der Waals surface area contributed by atoms with Crippen LogP contribution in [0.2, 0.25) is 0 Å². The molecule has 0 heterocycles. The Kier molecular flexibility index (Phi) is 2.02. The molecule has 0 aromatic heterocycles. The fraction of sp³-hybridized carbons (Fsp3) is 1.00. The lowest BCUT2D eigenvalue weighted by Gasteiger charge is -2.13. The van der Waals surface area contributed by atoms with Crippen LogP contribution in [0.15, 0.2) is 0 Å². The van der Waals surface area contributed by atoms with Gasteiger partial charge in [-0.25, -0.2) is 0 Å². The topological polar surface area (TPSA) is 38.0 Å². The summed E-state index contributed by atoms with van der Waals surface area (Å²) in [4.78, 5) is 0. The Labute approximate surface area is 63.2 Å². The molecule has 2 atom stereocenters. The van der Waals surface area contributed by atoms with Crippen LogP contribution in [0.1, 0.15) is 27.2 Å². The quantitative estimate of drug-likeness (QED) is 0.609. The van der Waals surface area contributed by atoms with E-state index in [2.05, 4.69) is 26.1 Å². The molecule has 0 aromatic carbocycles. The van der Waals surface area contributed by atoms with Crippen LogP contribution in [-0.2, 0) is 0 Å². The molecule has 1 saturated carbocycles. The van der Waals surface area contributed by atoms with Crippen molar-refractivity contribution in [2.24, 2.45) is 11.7 Å². The Bertz CT molecular complexity index is 122. The van der Waals surface area contributed by atoms with Crippen molar-refractivity contribution in [2.45, 2.75) is 38.8 Å². The highest BCUT2D eigenvalue weighted by atomic mass is 15.0.